The summed E-state index contributed by atoms with van der Waals surface area (Å²) < 4.78 is 0. The second-order valence-corrected chi connectivity index (χ2v) is 7.09. The summed E-state index contributed by atoms with van der Waals surface area (Å²) in [7, 11) is 0. The van der Waals surface area contributed by atoms with Gasteiger partial charge in [-0.1, -0.05) is 42.5 Å². The highest BCUT2D eigenvalue weighted by molar-refractivity contribution is 6.27. The van der Waals surface area contributed by atoms with Crippen molar-refractivity contribution in [3.05, 3.63) is 92.8 Å². The molecule has 142 valence electrons. The lowest BCUT2D eigenvalue weighted by atomic mass is 9.93. The number of rotatable bonds is 1. The number of hydrogen-bond donors (Lipinski definition) is 2. The Morgan fingerprint density at radius 1 is 0.733 bits per heavy atom. The van der Waals surface area contributed by atoms with Gasteiger partial charge in [-0.2, -0.15) is 0 Å². The summed E-state index contributed by atoms with van der Waals surface area (Å²) in [6.45, 7) is 0. The Bertz CT molecular complexity index is 1660. The lowest BCUT2D eigenvalue weighted by Crippen LogP contribution is -2.23. The van der Waals surface area contributed by atoms with E-state index in [1.807, 2.05) is 36.4 Å². The zero-order valence-electron chi connectivity index (χ0n) is 15.4. The SMILES string of the molecule is O=C1c2ccccc2-c2nc3[nH]c(=O)[nH]c(=O)c3c(-c3ccnc4ccccc34)c21. The molecule has 7 nitrogen and oxygen atoms in total. The van der Waals surface area contributed by atoms with Gasteiger partial charge in [0.1, 0.15) is 5.65 Å². The molecule has 3 heterocycles. The van der Waals surface area contributed by atoms with Gasteiger partial charge in [0.05, 0.1) is 22.2 Å². The average Bonchev–Trinajstić information content (AvgIpc) is 3.04. The number of hydrogen-bond acceptors (Lipinski definition) is 5. The maximum atomic E-state index is 13.4. The Kier molecular flexibility index (Phi) is 3.20. The lowest BCUT2D eigenvalue weighted by Gasteiger charge is -2.13. The van der Waals surface area contributed by atoms with E-state index in [-0.39, 0.29) is 16.8 Å². The zero-order chi connectivity index (χ0) is 20.4. The highest BCUT2D eigenvalue weighted by Gasteiger charge is 2.33. The Morgan fingerprint density at radius 2 is 1.50 bits per heavy atom. The van der Waals surface area contributed by atoms with Crippen LogP contribution in [0.4, 0.5) is 0 Å². The molecular formula is C23H12N4O3. The molecule has 0 saturated heterocycles. The molecule has 6 rings (SSSR count). The number of carbonyl (C=O) groups is 1. The van der Waals surface area contributed by atoms with Crippen LogP contribution in [0.1, 0.15) is 15.9 Å². The van der Waals surface area contributed by atoms with Crippen LogP contribution in [0.2, 0.25) is 0 Å². The molecule has 0 amide bonds. The van der Waals surface area contributed by atoms with Crippen molar-refractivity contribution in [2.24, 2.45) is 0 Å². The molecule has 0 bridgehead atoms. The summed E-state index contributed by atoms with van der Waals surface area (Å²) in [6.07, 6.45) is 1.64. The smallest absolute Gasteiger partial charge is 0.291 e. The van der Waals surface area contributed by atoms with Crippen LogP contribution in [0.25, 0.3) is 44.3 Å². The van der Waals surface area contributed by atoms with Gasteiger partial charge in [0.2, 0.25) is 0 Å². The lowest BCUT2D eigenvalue weighted by molar-refractivity contribution is 0.104. The molecule has 1 aliphatic carbocycles. The number of pyridine rings is 2. The molecule has 0 aliphatic heterocycles. The standard InChI is InChI=1S/C23H12N4O3/c28-20-14-7-2-1-6-13(14)19-17(20)16(18-21(25-19)26-23(30)27-22(18)29)12-9-10-24-15-8-4-3-5-11(12)15/h1-10H,(H2,25,26,27,29,30). The van der Waals surface area contributed by atoms with Crippen molar-refractivity contribution >= 4 is 27.7 Å². The third-order valence-corrected chi connectivity index (χ3v) is 5.46. The number of aromatic nitrogens is 4. The summed E-state index contributed by atoms with van der Waals surface area (Å²) in [5.74, 6) is -0.198. The van der Waals surface area contributed by atoms with E-state index >= 15 is 0 Å². The largest absolute Gasteiger partial charge is 0.327 e. The second kappa shape index (κ2) is 5.81. The van der Waals surface area contributed by atoms with Gasteiger partial charge in [0.15, 0.2) is 5.78 Å². The van der Waals surface area contributed by atoms with Gasteiger partial charge in [0.25, 0.3) is 5.56 Å². The van der Waals surface area contributed by atoms with E-state index in [2.05, 4.69) is 19.9 Å². The van der Waals surface area contributed by atoms with E-state index in [4.69, 9.17) is 0 Å². The van der Waals surface area contributed by atoms with Crippen LogP contribution in [0.3, 0.4) is 0 Å². The van der Waals surface area contributed by atoms with Crippen LogP contribution in [0.15, 0.2) is 70.4 Å². The minimum Gasteiger partial charge on any atom is -0.291 e. The van der Waals surface area contributed by atoms with Gasteiger partial charge >= 0.3 is 5.69 Å². The van der Waals surface area contributed by atoms with E-state index in [0.29, 0.717) is 33.5 Å². The first-order valence-corrected chi connectivity index (χ1v) is 9.32. The molecule has 0 radical (unpaired) electrons. The average molecular weight is 392 g/mol. The molecule has 5 aromatic rings. The van der Waals surface area contributed by atoms with Crippen molar-refractivity contribution in [3.63, 3.8) is 0 Å². The van der Waals surface area contributed by atoms with Gasteiger partial charge in [-0.25, -0.2) is 9.78 Å². The van der Waals surface area contributed by atoms with Crippen LogP contribution in [-0.4, -0.2) is 25.7 Å². The number of benzene rings is 2. The molecule has 0 spiro atoms. The van der Waals surface area contributed by atoms with Gasteiger partial charge < -0.3 is 0 Å². The maximum absolute atomic E-state index is 13.4. The van der Waals surface area contributed by atoms with E-state index in [9.17, 15) is 14.4 Å². The Hall–Kier alpha value is -4.39. The van der Waals surface area contributed by atoms with Crippen LogP contribution >= 0.6 is 0 Å². The number of aromatic amines is 2. The number of nitrogens with one attached hydrogen (secondary N) is 2. The van der Waals surface area contributed by atoms with Crippen LogP contribution in [0, 0.1) is 0 Å². The summed E-state index contributed by atoms with van der Waals surface area (Å²) in [4.78, 5) is 52.0. The first kappa shape index (κ1) is 16.6. The molecule has 2 aromatic carbocycles. The number of nitrogens with zero attached hydrogens (tertiary/aromatic N) is 2. The Morgan fingerprint density at radius 3 is 2.37 bits per heavy atom. The normalized spacial score (nSPS) is 12.3. The summed E-state index contributed by atoms with van der Waals surface area (Å²) >= 11 is 0. The highest BCUT2D eigenvalue weighted by Crippen LogP contribution is 2.43. The van der Waals surface area contributed by atoms with Gasteiger partial charge in [-0.15, -0.1) is 0 Å². The molecule has 0 fully saturated rings. The molecule has 1 aliphatic rings. The number of ketones is 1. The molecule has 0 saturated carbocycles. The van der Waals surface area contributed by atoms with E-state index in [0.717, 1.165) is 10.9 Å². The van der Waals surface area contributed by atoms with Crippen LogP contribution in [-0.2, 0) is 0 Å². The third-order valence-electron chi connectivity index (χ3n) is 5.46. The quantitative estimate of drug-likeness (QED) is 0.447. The van der Waals surface area contributed by atoms with Crippen molar-refractivity contribution in [2.75, 3.05) is 0 Å². The number of para-hydroxylation sites is 1. The fourth-order valence-corrected chi connectivity index (χ4v) is 4.22. The summed E-state index contributed by atoms with van der Waals surface area (Å²) in [5, 5.41) is 0.968. The Labute approximate surface area is 168 Å². The number of H-pyrrole nitrogens is 2. The van der Waals surface area contributed by atoms with Gasteiger partial charge in [0, 0.05) is 28.3 Å². The fourth-order valence-electron chi connectivity index (χ4n) is 4.22. The predicted octanol–water partition coefficient (Wildman–Crippen LogP) is 3.04. The molecule has 3 aromatic heterocycles. The van der Waals surface area contributed by atoms with E-state index in [1.54, 1.807) is 24.4 Å². The molecule has 30 heavy (non-hydrogen) atoms. The van der Waals surface area contributed by atoms with E-state index < -0.39 is 11.2 Å². The van der Waals surface area contributed by atoms with Crippen molar-refractivity contribution < 1.29 is 4.79 Å². The van der Waals surface area contributed by atoms with E-state index in [1.165, 1.54) is 0 Å². The maximum Gasteiger partial charge on any atom is 0.327 e. The second-order valence-electron chi connectivity index (χ2n) is 7.09. The van der Waals surface area contributed by atoms with Gasteiger partial charge in [-0.3, -0.25) is 24.5 Å². The predicted molar refractivity (Wildman–Crippen MR) is 113 cm³/mol. The fraction of sp³-hybridized carbons (Fsp3) is 0. The topological polar surface area (TPSA) is 109 Å². The van der Waals surface area contributed by atoms with Gasteiger partial charge in [-0.05, 0) is 17.7 Å². The zero-order valence-corrected chi connectivity index (χ0v) is 15.4. The van der Waals surface area contributed by atoms with Crippen molar-refractivity contribution in [3.8, 4) is 22.4 Å². The Balaban J connectivity index is 1.88. The number of fused-ring (bicyclic) bond motifs is 5. The summed E-state index contributed by atoms with van der Waals surface area (Å²) in [5.41, 5.74) is 2.79. The van der Waals surface area contributed by atoms with Crippen molar-refractivity contribution in [2.45, 2.75) is 0 Å². The van der Waals surface area contributed by atoms with Crippen molar-refractivity contribution in [1.82, 2.24) is 19.9 Å². The first-order chi connectivity index (χ1) is 14.6. The molecule has 7 heteroatoms. The minimum atomic E-state index is -0.650. The molecule has 2 N–H and O–H groups in total. The van der Waals surface area contributed by atoms with Crippen LogP contribution in [0.5, 0.6) is 0 Å². The van der Waals surface area contributed by atoms with Crippen LogP contribution < -0.4 is 11.2 Å². The van der Waals surface area contributed by atoms with Crippen molar-refractivity contribution in [1.29, 1.82) is 0 Å². The molecule has 0 unspecified atom stereocenters. The summed E-state index contributed by atoms with van der Waals surface area (Å²) in [6, 6.07) is 16.5. The molecular weight excluding hydrogens is 380 g/mol. The first-order valence-electron chi connectivity index (χ1n) is 9.32. The monoisotopic (exact) mass is 392 g/mol. The minimum absolute atomic E-state index is 0.142. The molecule has 0 atom stereocenters. The number of carbonyl (C=O) groups excluding carboxylic acids is 1. The third kappa shape index (κ3) is 2.11. The highest BCUT2D eigenvalue weighted by atomic mass is 16.2.